The van der Waals surface area contributed by atoms with Crippen LogP contribution in [0.2, 0.25) is 0 Å². The highest BCUT2D eigenvalue weighted by Crippen LogP contribution is 2.33. The van der Waals surface area contributed by atoms with Crippen LogP contribution in [0.3, 0.4) is 0 Å². The first kappa shape index (κ1) is 35.6. The smallest absolute Gasteiger partial charge is 0.416 e. The molecule has 0 fully saturated rings. The minimum Gasteiger partial charge on any atom is -0.497 e. The van der Waals surface area contributed by atoms with Crippen LogP contribution in [0.4, 0.5) is 13.2 Å². The lowest BCUT2D eigenvalue weighted by Crippen LogP contribution is -2.30. The van der Waals surface area contributed by atoms with Crippen molar-refractivity contribution in [2.24, 2.45) is 0 Å². The van der Waals surface area contributed by atoms with Crippen molar-refractivity contribution < 1.29 is 27.4 Å². The first-order valence-corrected chi connectivity index (χ1v) is 15.1. The van der Waals surface area contributed by atoms with Gasteiger partial charge in [0.15, 0.2) is 11.9 Å². The summed E-state index contributed by atoms with van der Waals surface area (Å²) in [5.74, 6) is 1.91. The van der Waals surface area contributed by atoms with Gasteiger partial charge in [0, 0.05) is 31.6 Å². The zero-order valence-electron chi connectivity index (χ0n) is 26.3. The molecule has 0 aromatic heterocycles. The van der Waals surface area contributed by atoms with Gasteiger partial charge in [0.1, 0.15) is 11.5 Å². The van der Waals surface area contributed by atoms with E-state index in [1.165, 1.54) is 12.1 Å². The number of halogens is 3. The largest absolute Gasteiger partial charge is 0.497 e. The summed E-state index contributed by atoms with van der Waals surface area (Å²) < 4.78 is 50.3. The van der Waals surface area contributed by atoms with Gasteiger partial charge in [-0.2, -0.15) is 13.2 Å². The number of carbonyl (C=O) groups excluding carboxylic acids is 1. The Morgan fingerprint density at radius 2 is 1.49 bits per heavy atom. The number of aryl methyl sites for hydroxylation is 1. The van der Waals surface area contributed by atoms with Crippen molar-refractivity contribution in [1.82, 2.24) is 10.2 Å². The van der Waals surface area contributed by atoms with Crippen molar-refractivity contribution in [3.63, 3.8) is 0 Å². The van der Waals surface area contributed by atoms with E-state index in [4.69, 9.17) is 9.47 Å². The number of rotatable bonds is 13. The van der Waals surface area contributed by atoms with E-state index in [-0.39, 0.29) is 0 Å². The van der Waals surface area contributed by atoms with E-state index in [0.29, 0.717) is 24.6 Å². The number of hydrogen-bond acceptors (Lipinski definition) is 6. The molecule has 43 heavy (non-hydrogen) atoms. The second-order valence-corrected chi connectivity index (χ2v) is 11.3. The quantitative estimate of drug-likeness (QED) is 0.194. The standard InChI is InChI=1S/C32H37F3N2O3S.C2H6/c1-22-17-26(11-16-29(22)40-31(3,4)21-38)19-37(18-24-9-14-28(39-6)15-10-24)30(23(2)36-5)41-20-25-7-12-27(13-8-25)32(33,34)35;1-2/h7-17,21,36H,18-20H2,1-6H3;1-2H3/b30-23-;. The molecule has 0 atom stereocenters. The highest BCUT2D eigenvalue weighted by Gasteiger charge is 2.30. The second kappa shape index (κ2) is 16.3. The normalized spacial score (nSPS) is 12.0. The summed E-state index contributed by atoms with van der Waals surface area (Å²) in [4.78, 5) is 13.6. The summed E-state index contributed by atoms with van der Waals surface area (Å²) in [5.41, 5.74) is 3.19. The molecular weight excluding hydrogens is 573 g/mol. The molecular formula is C34H43F3N2O3S. The average molecular weight is 617 g/mol. The molecule has 0 radical (unpaired) electrons. The number of nitrogens with one attached hydrogen (secondary N) is 1. The second-order valence-electron chi connectivity index (χ2n) is 10.3. The molecule has 0 saturated carbocycles. The predicted octanol–water partition coefficient (Wildman–Crippen LogP) is 8.75. The molecule has 0 aliphatic heterocycles. The molecule has 0 saturated heterocycles. The Kier molecular flexibility index (Phi) is 13.5. The summed E-state index contributed by atoms with van der Waals surface area (Å²) in [6.07, 6.45) is -3.58. The monoisotopic (exact) mass is 616 g/mol. The lowest BCUT2D eigenvalue weighted by Gasteiger charge is -2.30. The Labute approximate surface area is 258 Å². The zero-order valence-corrected chi connectivity index (χ0v) is 27.1. The van der Waals surface area contributed by atoms with Crippen LogP contribution in [0.5, 0.6) is 11.5 Å². The average Bonchev–Trinajstić information content (AvgIpc) is 2.99. The fourth-order valence-electron chi connectivity index (χ4n) is 4.09. The zero-order chi connectivity index (χ0) is 32.2. The van der Waals surface area contributed by atoms with E-state index >= 15 is 0 Å². The summed E-state index contributed by atoms with van der Waals surface area (Å²) in [7, 11) is 3.48. The molecule has 3 aromatic carbocycles. The van der Waals surface area contributed by atoms with Crippen LogP contribution in [-0.2, 0) is 29.8 Å². The van der Waals surface area contributed by atoms with Crippen LogP contribution in [0.1, 0.15) is 62.4 Å². The van der Waals surface area contributed by atoms with Gasteiger partial charge in [-0.05, 0) is 80.3 Å². The van der Waals surface area contributed by atoms with Gasteiger partial charge in [0.2, 0.25) is 0 Å². The molecule has 0 aliphatic carbocycles. The first-order chi connectivity index (χ1) is 20.3. The van der Waals surface area contributed by atoms with Crippen LogP contribution in [-0.4, -0.2) is 30.9 Å². The number of nitrogens with zero attached hydrogens (tertiary/aromatic N) is 1. The van der Waals surface area contributed by atoms with Crippen LogP contribution < -0.4 is 14.8 Å². The molecule has 9 heteroatoms. The van der Waals surface area contributed by atoms with Gasteiger partial charge < -0.3 is 19.7 Å². The minimum absolute atomic E-state index is 0.498. The van der Waals surface area contributed by atoms with E-state index in [9.17, 15) is 18.0 Å². The summed E-state index contributed by atoms with van der Waals surface area (Å²) in [6.45, 7) is 12.5. The van der Waals surface area contributed by atoms with Gasteiger partial charge in [-0.25, -0.2) is 0 Å². The summed E-state index contributed by atoms with van der Waals surface area (Å²) >= 11 is 1.57. The fraction of sp³-hybridized carbons (Fsp3) is 0.382. The van der Waals surface area contributed by atoms with Gasteiger partial charge in [0.25, 0.3) is 0 Å². The van der Waals surface area contributed by atoms with Crippen LogP contribution in [0.25, 0.3) is 0 Å². The third-order valence-corrected chi connectivity index (χ3v) is 7.76. The van der Waals surface area contributed by atoms with Crippen molar-refractivity contribution in [2.75, 3.05) is 14.2 Å². The summed E-state index contributed by atoms with van der Waals surface area (Å²) in [6, 6.07) is 19.1. The third kappa shape index (κ3) is 10.9. The van der Waals surface area contributed by atoms with Crippen molar-refractivity contribution in [2.45, 2.75) is 72.2 Å². The van der Waals surface area contributed by atoms with E-state index in [0.717, 1.165) is 57.1 Å². The Hall–Kier alpha value is -3.59. The number of allylic oxidation sites excluding steroid dienone is 1. The van der Waals surface area contributed by atoms with E-state index < -0.39 is 17.3 Å². The number of thioether (sulfide) groups is 1. The molecule has 0 heterocycles. The number of methoxy groups -OCH3 is 1. The molecule has 5 nitrogen and oxygen atoms in total. The van der Waals surface area contributed by atoms with Crippen molar-refractivity contribution >= 4 is 18.0 Å². The molecule has 0 spiro atoms. The van der Waals surface area contributed by atoms with Gasteiger partial charge >= 0.3 is 6.18 Å². The Morgan fingerprint density at radius 1 is 0.930 bits per heavy atom. The van der Waals surface area contributed by atoms with Crippen molar-refractivity contribution in [3.05, 3.63) is 105 Å². The van der Waals surface area contributed by atoms with E-state index in [1.807, 2.05) is 77.2 Å². The van der Waals surface area contributed by atoms with Gasteiger partial charge in [-0.15, -0.1) is 11.8 Å². The minimum atomic E-state index is -4.36. The molecule has 0 amide bonds. The van der Waals surface area contributed by atoms with Crippen LogP contribution in [0, 0.1) is 6.92 Å². The number of benzene rings is 3. The molecule has 3 aromatic rings. The van der Waals surface area contributed by atoms with E-state index in [2.05, 4.69) is 10.2 Å². The molecule has 3 rings (SSSR count). The third-order valence-electron chi connectivity index (χ3n) is 6.44. The lowest BCUT2D eigenvalue weighted by atomic mass is 10.1. The number of ether oxygens (including phenoxy) is 2. The molecule has 234 valence electrons. The fourth-order valence-corrected chi connectivity index (χ4v) is 5.21. The summed E-state index contributed by atoms with van der Waals surface area (Å²) in [5, 5.41) is 4.22. The highest BCUT2D eigenvalue weighted by molar-refractivity contribution is 8.02. The lowest BCUT2D eigenvalue weighted by molar-refractivity contribution is -0.137. The maximum absolute atomic E-state index is 13.0. The predicted molar refractivity (Wildman–Crippen MR) is 170 cm³/mol. The number of alkyl halides is 3. The van der Waals surface area contributed by atoms with Gasteiger partial charge in [-0.1, -0.05) is 50.2 Å². The van der Waals surface area contributed by atoms with Crippen molar-refractivity contribution in [1.29, 1.82) is 0 Å². The number of carbonyl (C=O) groups is 1. The maximum Gasteiger partial charge on any atom is 0.416 e. The Bertz CT molecular complexity index is 1340. The highest BCUT2D eigenvalue weighted by atomic mass is 32.2. The first-order valence-electron chi connectivity index (χ1n) is 14.2. The topological polar surface area (TPSA) is 50.8 Å². The Morgan fingerprint density at radius 3 is 2.00 bits per heavy atom. The van der Waals surface area contributed by atoms with Crippen LogP contribution in [0.15, 0.2) is 77.5 Å². The maximum atomic E-state index is 13.0. The van der Waals surface area contributed by atoms with Crippen molar-refractivity contribution in [3.8, 4) is 11.5 Å². The Balaban J connectivity index is 0.00000316. The van der Waals surface area contributed by atoms with Crippen LogP contribution >= 0.6 is 11.8 Å². The molecule has 1 N–H and O–H groups in total. The molecule has 0 unspecified atom stereocenters. The van der Waals surface area contributed by atoms with E-state index in [1.54, 1.807) is 32.7 Å². The van der Waals surface area contributed by atoms with Gasteiger partial charge in [-0.3, -0.25) is 4.79 Å². The SMILES string of the molecule is CC.CN/C(C)=C(\SCc1ccc(C(F)(F)F)cc1)N(Cc1ccc(OC)cc1)Cc1ccc(OC(C)(C)C=O)c(C)c1. The van der Waals surface area contributed by atoms with Gasteiger partial charge in [0.05, 0.1) is 17.7 Å². The molecule has 0 bridgehead atoms. The number of hydrogen-bond donors (Lipinski definition) is 1. The molecule has 0 aliphatic rings. The number of aldehydes is 1.